The largest absolute Gasteiger partial charge is 0.322 e. The highest BCUT2D eigenvalue weighted by Gasteiger charge is 2.12. The van der Waals surface area contributed by atoms with Gasteiger partial charge in [-0.05, 0) is 53.9 Å². The van der Waals surface area contributed by atoms with Crippen molar-refractivity contribution >= 4 is 44.6 Å². The maximum absolute atomic E-state index is 13.3. The van der Waals surface area contributed by atoms with Crippen molar-refractivity contribution in [2.24, 2.45) is 0 Å². The second-order valence-electron chi connectivity index (χ2n) is 6.15. The minimum Gasteiger partial charge on any atom is -0.322 e. The molecule has 0 aliphatic carbocycles. The summed E-state index contributed by atoms with van der Waals surface area (Å²) in [6.45, 7) is 0. The molecule has 3 aromatic carbocycles. The van der Waals surface area contributed by atoms with Gasteiger partial charge in [-0.2, -0.15) is 0 Å². The molecule has 2 amide bonds. The molecule has 0 aliphatic rings. The molecule has 0 bridgehead atoms. The summed E-state index contributed by atoms with van der Waals surface area (Å²) >= 11 is 1.41. The van der Waals surface area contributed by atoms with E-state index >= 15 is 0 Å². The van der Waals surface area contributed by atoms with E-state index in [4.69, 9.17) is 0 Å². The monoisotopic (exact) mass is 390 g/mol. The first-order chi connectivity index (χ1) is 13.6. The van der Waals surface area contributed by atoms with Gasteiger partial charge in [-0.1, -0.05) is 30.3 Å². The Hall–Kier alpha value is -3.51. The van der Waals surface area contributed by atoms with Crippen molar-refractivity contribution in [3.63, 3.8) is 0 Å². The Balaban J connectivity index is 1.50. The van der Waals surface area contributed by atoms with Crippen LogP contribution in [0.4, 0.5) is 15.8 Å². The van der Waals surface area contributed by atoms with Crippen LogP contribution in [0.25, 0.3) is 10.1 Å². The van der Waals surface area contributed by atoms with E-state index in [0.29, 0.717) is 21.8 Å². The van der Waals surface area contributed by atoms with Crippen LogP contribution >= 0.6 is 11.3 Å². The topological polar surface area (TPSA) is 58.2 Å². The van der Waals surface area contributed by atoms with Crippen LogP contribution in [-0.4, -0.2) is 11.8 Å². The first-order valence-corrected chi connectivity index (χ1v) is 9.37. The molecule has 0 spiro atoms. The Morgan fingerprint density at radius 3 is 2.25 bits per heavy atom. The van der Waals surface area contributed by atoms with Crippen LogP contribution in [0.15, 0.2) is 78.9 Å². The lowest BCUT2D eigenvalue weighted by molar-refractivity contribution is 0.101. The van der Waals surface area contributed by atoms with E-state index in [0.717, 1.165) is 10.1 Å². The molecule has 4 nitrogen and oxygen atoms in total. The van der Waals surface area contributed by atoms with Crippen LogP contribution in [0.1, 0.15) is 20.0 Å². The van der Waals surface area contributed by atoms with Crippen LogP contribution < -0.4 is 10.6 Å². The molecule has 0 unspecified atom stereocenters. The van der Waals surface area contributed by atoms with E-state index in [2.05, 4.69) is 10.6 Å². The zero-order valence-corrected chi connectivity index (χ0v) is 15.4. The number of carbonyl (C=O) groups is 2. The van der Waals surface area contributed by atoms with Crippen molar-refractivity contribution in [2.45, 2.75) is 0 Å². The molecular weight excluding hydrogens is 375 g/mol. The van der Waals surface area contributed by atoms with Gasteiger partial charge < -0.3 is 10.6 Å². The number of carbonyl (C=O) groups excluding carboxylic acids is 2. The van der Waals surface area contributed by atoms with Crippen LogP contribution in [-0.2, 0) is 0 Å². The number of nitrogens with one attached hydrogen (secondary N) is 2. The summed E-state index contributed by atoms with van der Waals surface area (Å²) in [7, 11) is 0. The first-order valence-electron chi connectivity index (χ1n) is 8.55. The maximum atomic E-state index is 13.3. The fourth-order valence-electron chi connectivity index (χ4n) is 2.79. The smallest absolute Gasteiger partial charge is 0.265 e. The molecule has 28 heavy (non-hydrogen) atoms. The Bertz CT molecular complexity index is 1150. The van der Waals surface area contributed by atoms with Gasteiger partial charge in [0.1, 0.15) is 5.82 Å². The molecule has 0 fully saturated rings. The molecule has 4 rings (SSSR count). The van der Waals surface area contributed by atoms with E-state index in [1.54, 1.807) is 30.3 Å². The van der Waals surface area contributed by atoms with Crippen molar-refractivity contribution in [2.75, 3.05) is 10.6 Å². The highest BCUT2D eigenvalue weighted by molar-refractivity contribution is 7.20. The average Bonchev–Trinajstić information content (AvgIpc) is 3.13. The Kier molecular flexibility index (Phi) is 4.87. The second-order valence-corrected chi connectivity index (χ2v) is 7.23. The molecular formula is C22H15FN2O2S. The Morgan fingerprint density at radius 1 is 0.750 bits per heavy atom. The maximum Gasteiger partial charge on any atom is 0.265 e. The highest BCUT2D eigenvalue weighted by atomic mass is 32.1. The van der Waals surface area contributed by atoms with Gasteiger partial charge in [-0.25, -0.2) is 4.39 Å². The van der Waals surface area contributed by atoms with E-state index in [-0.39, 0.29) is 11.8 Å². The van der Waals surface area contributed by atoms with Crippen molar-refractivity contribution in [3.05, 3.63) is 95.1 Å². The van der Waals surface area contributed by atoms with Crippen molar-refractivity contribution in [1.82, 2.24) is 0 Å². The standard InChI is InChI=1S/C22H15FN2O2S/c23-16-7-4-9-18(13-16)24-21(26)15-6-3-8-17(11-15)25-22(27)20-12-14-5-1-2-10-19(14)28-20/h1-13H,(H,24,26)(H,25,27). The number of fused-ring (bicyclic) bond motifs is 1. The number of hydrogen-bond acceptors (Lipinski definition) is 3. The molecule has 0 radical (unpaired) electrons. The number of rotatable bonds is 4. The Morgan fingerprint density at radius 2 is 1.46 bits per heavy atom. The molecule has 138 valence electrons. The first kappa shape index (κ1) is 17.9. The second kappa shape index (κ2) is 7.62. The fourth-order valence-corrected chi connectivity index (χ4v) is 3.75. The van der Waals surface area contributed by atoms with Gasteiger partial charge in [0.2, 0.25) is 0 Å². The summed E-state index contributed by atoms with van der Waals surface area (Å²) in [4.78, 5) is 25.6. The van der Waals surface area contributed by atoms with Crippen molar-refractivity contribution in [3.8, 4) is 0 Å². The molecule has 1 heterocycles. The van der Waals surface area contributed by atoms with Crippen molar-refractivity contribution in [1.29, 1.82) is 0 Å². The van der Waals surface area contributed by atoms with Gasteiger partial charge in [-0.15, -0.1) is 11.3 Å². The molecule has 4 aromatic rings. The highest BCUT2D eigenvalue weighted by Crippen LogP contribution is 2.26. The summed E-state index contributed by atoms with van der Waals surface area (Å²) in [6.07, 6.45) is 0. The summed E-state index contributed by atoms with van der Waals surface area (Å²) in [6, 6.07) is 21.9. The van der Waals surface area contributed by atoms with Crippen LogP contribution in [0.3, 0.4) is 0 Å². The third kappa shape index (κ3) is 3.92. The quantitative estimate of drug-likeness (QED) is 0.480. The molecule has 0 atom stereocenters. The number of benzene rings is 3. The lowest BCUT2D eigenvalue weighted by atomic mass is 10.1. The lowest BCUT2D eigenvalue weighted by Gasteiger charge is -2.08. The summed E-state index contributed by atoms with van der Waals surface area (Å²) in [5.74, 6) is -1.05. The van der Waals surface area contributed by atoms with Crippen molar-refractivity contribution < 1.29 is 14.0 Å². The average molecular weight is 390 g/mol. The SMILES string of the molecule is O=C(Nc1cccc(F)c1)c1cccc(NC(=O)c2cc3ccccc3s2)c1. The number of amides is 2. The third-order valence-electron chi connectivity index (χ3n) is 4.11. The number of halogens is 1. The predicted octanol–water partition coefficient (Wildman–Crippen LogP) is 5.55. The molecule has 0 saturated heterocycles. The predicted molar refractivity (Wildman–Crippen MR) is 111 cm³/mol. The summed E-state index contributed by atoms with van der Waals surface area (Å²) < 4.78 is 14.3. The van der Waals surface area contributed by atoms with Crippen LogP contribution in [0, 0.1) is 5.82 Å². The third-order valence-corrected chi connectivity index (χ3v) is 5.23. The lowest BCUT2D eigenvalue weighted by Crippen LogP contribution is -2.14. The van der Waals surface area contributed by atoms with Crippen LogP contribution in [0.5, 0.6) is 0 Å². The van der Waals surface area contributed by atoms with E-state index in [1.807, 2.05) is 30.3 Å². The fraction of sp³-hybridized carbons (Fsp3) is 0. The number of hydrogen-bond donors (Lipinski definition) is 2. The molecule has 1 aromatic heterocycles. The number of thiophene rings is 1. The zero-order chi connectivity index (χ0) is 19.5. The van der Waals surface area contributed by atoms with E-state index < -0.39 is 5.82 Å². The Labute approximate surface area is 164 Å². The normalized spacial score (nSPS) is 10.6. The minimum absolute atomic E-state index is 0.233. The summed E-state index contributed by atoms with van der Waals surface area (Å²) in [5, 5.41) is 6.47. The minimum atomic E-state index is -0.429. The molecule has 0 aliphatic heterocycles. The van der Waals surface area contributed by atoms with Crippen LogP contribution in [0.2, 0.25) is 0 Å². The molecule has 0 saturated carbocycles. The van der Waals surface area contributed by atoms with E-state index in [9.17, 15) is 14.0 Å². The van der Waals surface area contributed by atoms with Gasteiger partial charge in [0, 0.05) is 21.6 Å². The van der Waals surface area contributed by atoms with E-state index in [1.165, 1.54) is 29.5 Å². The van der Waals surface area contributed by atoms with Gasteiger partial charge in [0.15, 0.2) is 0 Å². The van der Waals surface area contributed by atoms with Gasteiger partial charge in [0.25, 0.3) is 11.8 Å². The van der Waals surface area contributed by atoms with Gasteiger partial charge in [0.05, 0.1) is 4.88 Å². The summed E-state index contributed by atoms with van der Waals surface area (Å²) in [5.41, 5.74) is 1.23. The van der Waals surface area contributed by atoms with Gasteiger partial charge in [-0.3, -0.25) is 9.59 Å². The molecule has 2 N–H and O–H groups in total. The zero-order valence-electron chi connectivity index (χ0n) is 14.6. The van der Waals surface area contributed by atoms with Gasteiger partial charge >= 0.3 is 0 Å². The number of anilines is 2. The molecule has 6 heteroatoms.